The standard InChI is InChI=1S/C14H22F3N5.HI/c1-18-13(19-5-9-21-6-2-3-7-21)20-12-4-8-22(10-12)11-14(15,16)17;/h2-3,6-7,12H,4-5,8-11H2,1H3,(H2,18,19,20);1H. The molecule has 2 heterocycles. The van der Waals surface area contributed by atoms with Gasteiger partial charge in [-0.3, -0.25) is 9.89 Å². The van der Waals surface area contributed by atoms with Crippen molar-refractivity contribution in [2.45, 2.75) is 25.2 Å². The Morgan fingerprint density at radius 2 is 2.00 bits per heavy atom. The molecule has 1 aliphatic rings. The van der Waals surface area contributed by atoms with E-state index < -0.39 is 12.7 Å². The lowest BCUT2D eigenvalue weighted by atomic mass is 10.3. The maximum atomic E-state index is 12.4. The van der Waals surface area contributed by atoms with Crippen molar-refractivity contribution in [2.24, 2.45) is 4.99 Å². The van der Waals surface area contributed by atoms with Gasteiger partial charge in [-0.25, -0.2) is 0 Å². The SMILES string of the molecule is CN=C(NCCn1cccc1)NC1CCN(CC(F)(F)F)C1.I. The number of rotatable bonds is 5. The lowest BCUT2D eigenvalue weighted by Crippen LogP contribution is -2.45. The highest BCUT2D eigenvalue weighted by molar-refractivity contribution is 14.0. The average Bonchev–Trinajstić information content (AvgIpc) is 3.08. The minimum Gasteiger partial charge on any atom is -0.355 e. The Morgan fingerprint density at radius 1 is 1.30 bits per heavy atom. The van der Waals surface area contributed by atoms with Crippen molar-refractivity contribution in [3.05, 3.63) is 24.5 Å². The Hall–Kier alpha value is -0.970. The number of alkyl halides is 3. The van der Waals surface area contributed by atoms with E-state index in [1.54, 1.807) is 7.05 Å². The minimum atomic E-state index is -4.13. The second kappa shape index (κ2) is 9.36. The molecule has 132 valence electrons. The molecule has 0 radical (unpaired) electrons. The fraction of sp³-hybridized carbons (Fsp3) is 0.643. The van der Waals surface area contributed by atoms with Crippen LogP contribution in [0.15, 0.2) is 29.5 Å². The van der Waals surface area contributed by atoms with Gasteiger partial charge >= 0.3 is 6.18 Å². The second-order valence-corrected chi connectivity index (χ2v) is 5.40. The van der Waals surface area contributed by atoms with Gasteiger partial charge in [-0.05, 0) is 18.6 Å². The van der Waals surface area contributed by atoms with Crippen LogP contribution in [0, 0.1) is 0 Å². The van der Waals surface area contributed by atoms with E-state index in [9.17, 15) is 13.2 Å². The first-order chi connectivity index (χ1) is 10.5. The van der Waals surface area contributed by atoms with Crippen molar-refractivity contribution in [1.29, 1.82) is 0 Å². The highest BCUT2D eigenvalue weighted by Crippen LogP contribution is 2.19. The molecule has 0 amide bonds. The van der Waals surface area contributed by atoms with Gasteiger partial charge in [-0.1, -0.05) is 0 Å². The number of likely N-dealkylation sites (tertiary alicyclic amines) is 1. The highest BCUT2D eigenvalue weighted by Gasteiger charge is 2.34. The summed E-state index contributed by atoms with van der Waals surface area (Å²) in [6.45, 7) is 1.51. The van der Waals surface area contributed by atoms with E-state index in [4.69, 9.17) is 0 Å². The summed E-state index contributed by atoms with van der Waals surface area (Å²) in [5, 5.41) is 6.36. The Kier molecular flexibility index (Phi) is 8.17. The topological polar surface area (TPSA) is 44.6 Å². The van der Waals surface area contributed by atoms with Gasteiger partial charge in [0.2, 0.25) is 0 Å². The molecule has 0 spiro atoms. The van der Waals surface area contributed by atoms with Crippen LogP contribution in [-0.2, 0) is 6.54 Å². The molecule has 1 fully saturated rings. The molecule has 0 aliphatic carbocycles. The monoisotopic (exact) mass is 445 g/mol. The fourth-order valence-electron chi connectivity index (χ4n) is 2.56. The molecule has 0 aromatic carbocycles. The zero-order valence-electron chi connectivity index (χ0n) is 13.0. The minimum absolute atomic E-state index is 0. The Balaban J connectivity index is 0.00000264. The molecule has 1 aliphatic heterocycles. The van der Waals surface area contributed by atoms with E-state index in [2.05, 4.69) is 15.6 Å². The normalized spacial score (nSPS) is 19.5. The lowest BCUT2D eigenvalue weighted by molar-refractivity contribution is -0.143. The number of nitrogens with one attached hydrogen (secondary N) is 2. The number of halogens is 4. The molecule has 5 nitrogen and oxygen atoms in total. The summed E-state index contributed by atoms with van der Waals surface area (Å²) >= 11 is 0. The predicted octanol–water partition coefficient (Wildman–Crippen LogP) is 1.91. The van der Waals surface area contributed by atoms with Gasteiger partial charge in [-0.15, -0.1) is 24.0 Å². The van der Waals surface area contributed by atoms with Crippen LogP contribution in [0.25, 0.3) is 0 Å². The molecule has 23 heavy (non-hydrogen) atoms. The molecule has 2 N–H and O–H groups in total. The second-order valence-electron chi connectivity index (χ2n) is 5.40. The van der Waals surface area contributed by atoms with Crippen molar-refractivity contribution < 1.29 is 13.2 Å². The van der Waals surface area contributed by atoms with Crippen LogP contribution < -0.4 is 10.6 Å². The van der Waals surface area contributed by atoms with E-state index in [1.165, 1.54) is 4.90 Å². The fourth-order valence-corrected chi connectivity index (χ4v) is 2.56. The molecule has 0 saturated carbocycles. The Bertz CT molecular complexity index is 475. The quantitative estimate of drug-likeness (QED) is 0.414. The van der Waals surface area contributed by atoms with Gasteiger partial charge in [0.1, 0.15) is 0 Å². The summed E-state index contributed by atoms with van der Waals surface area (Å²) in [5.41, 5.74) is 0. The van der Waals surface area contributed by atoms with E-state index >= 15 is 0 Å². The van der Waals surface area contributed by atoms with Gasteiger partial charge < -0.3 is 15.2 Å². The zero-order valence-corrected chi connectivity index (χ0v) is 15.3. The summed E-state index contributed by atoms with van der Waals surface area (Å²) in [6, 6.07) is 3.92. The van der Waals surface area contributed by atoms with Crippen LogP contribution in [0.4, 0.5) is 13.2 Å². The molecule has 1 aromatic rings. The first-order valence-corrected chi connectivity index (χ1v) is 7.33. The average molecular weight is 445 g/mol. The molecular weight excluding hydrogens is 422 g/mol. The van der Waals surface area contributed by atoms with Gasteiger partial charge in [0.15, 0.2) is 5.96 Å². The summed E-state index contributed by atoms with van der Waals surface area (Å²) in [4.78, 5) is 5.54. The maximum Gasteiger partial charge on any atom is 0.401 e. The smallest absolute Gasteiger partial charge is 0.355 e. The van der Waals surface area contributed by atoms with Crippen LogP contribution in [0.2, 0.25) is 0 Å². The first kappa shape index (κ1) is 20.1. The number of aliphatic imine (C=N–C) groups is 1. The van der Waals surface area contributed by atoms with Crippen molar-refractivity contribution in [3.8, 4) is 0 Å². The van der Waals surface area contributed by atoms with Crippen LogP contribution in [0.5, 0.6) is 0 Å². The molecule has 9 heteroatoms. The lowest BCUT2D eigenvalue weighted by Gasteiger charge is -2.19. The van der Waals surface area contributed by atoms with Crippen LogP contribution in [0.1, 0.15) is 6.42 Å². The molecule has 1 saturated heterocycles. The number of aromatic nitrogens is 1. The summed E-state index contributed by atoms with van der Waals surface area (Å²) < 4.78 is 39.1. The molecule has 2 rings (SSSR count). The largest absolute Gasteiger partial charge is 0.401 e. The van der Waals surface area contributed by atoms with E-state index in [1.807, 2.05) is 29.1 Å². The van der Waals surface area contributed by atoms with Crippen molar-refractivity contribution in [2.75, 3.05) is 33.2 Å². The number of nitrogens with zero attached hydrogens (tertiary/aromatic N) is 3. The van der Waals surface area contributed by atoms with E-state index in [0.717, 1.165) is 6.54 Å². The zero-order chi connectivity index (χ0) is 16.0. The van der Waals surface area contributed by atoms with Crippen molar-refractivity contribution in [1.82, 2.24) is 20.1 Å². The number of hydrogen-bond donors (Lipinski definition) is 2. The van der Waals surface area contributed by atoms with E-state index in [-0.39, 0.29) is 30.0 Å². The maximum absolute atomic E-state index is 12.4. The Morgan fingerprint density at radius 3 is 2.61 bits per heavy atom. The molecule has 1 unspecified atom stereocenters. The van der Waals surface area contributed by atoms with Crippen LogP contribution >= 0.6 is 24.0 Å². The summed E-state index contributed by atoms with van der Waals surface area (Å²) in [7, 11) is 1.66. The third-order valence-electron chi connectivity index (χ3n) is 3.57. The predicted molar refractivity (Wildman–Crippen MR) is 95.2 cm³/mol. The van der Waals surface area contributed by atoms with Crippen LogP contribution in [-0.4, -0.2) is 60.9 Å². The molecule has 1 atom stereocenters. The van der Waals surface area contributed by atoms with Crippen molar-refractivity contribution >= 4 is 29.9 Å². The van der Waals surface area contributed by atoms with Gasteiger partial charge in [-0.2, -0.15) is 13.2 Å². The van der Waals surface area contributed by atoms with Gasteiger partial charge in [0.05, 0.1) is 6.54 Å². The Labute approximate surface area is 151 Å². The summed E-state index contributed by atoms with van der Waals surface area (Å²) in [5.74, 6) is 0.631. The number of hydrogen-bond acceptors (Lipinski definition) is 2. The van der Waals surface area contributed by atoms with Gasteiger partial charge in [0, 0.05) is 51.7 Å². The number of guanidine groups is 1. The van der Waals surface area contributed by atoms with Crippen LogP contribution in [0.3, 0.4) is 0 Å². The molecular formula is C14H23F3IN5. The van der Waals surface area contributed by atoms with E-state index in [0.29, 0.717) is 32.0 Å². The van der Waals surface area contributed by atoms with Crippen molar-refractivity contribution in [3.63, 3.8) is 0 Å². The molecule has 0 bridgehead atoms. The third-order valence-corrected chi connectivity index (χ3v) is 3.57. The molecule has 1 aromatic heterocycles. The first-order valence-electron chi connectivity index (χ1n) is 7.33. The highest BCUT2D eigenvalue weighted by atomic mass is 127. The third kappa shape index (κ3) is 7.42. The summed E-state index contributed by atoms with van der Waals surface area (Å²) in [6.07, 6.45) is 0.508. The van der Waals surface area contributed by atoms with Gasteiger partial charge in [0.25, 0.3) is 0 Å².